The van der Waals surface area contributed by atoms with E-state index in [0.717, 1.165) is 0 Å². The second kappa shape index (κ2) is 7.67. The minimum absolute atomic E-state index is 0.000114. The molecule has 0 radical (unpaired) electrons. The predicted molar refractivity (Wildman–Crippen MR) is 79.9 cm³/mol. The summed E-state index contributed by atoms with van der Waals surface area (Å²) < 4.78 is 0. The van der Waals surface area contributed by atoms with Crippen LogP contribution >= 0.6 is 0 Å². The van der Waals surface area contributed by atoms with Crippen molar-refractivity contribution in [2.45, 2.75) is 40.0 Å². The van der Waals surface area contributed by atoms with E-state index in [1.54, 1.807) is 0 Å². The van der Waals surface area contributed by atoms with Crippen LogP contribution in [-0.4, -0.2) is 29.0 Å². The van der Waals surface area contributed by atoms with Crippen LogP contribution in [0.4, 0.5) is 5.82 Å². The molecule has 0 aliphatic heterocycles. The molecule has 1 rings (SSSR count). The van der Waals surface area contributed by atoms with Crippen LogP contribution in [0.5, 0.6) is 0 Å². The standard InChI is InChI=1S/C14H24N4O2/c1-9(2)8-16-12(19)5-6-15-11-7-13(20)18-14(17-11)10(3)4/h7,9-10H,5-6,8H2,1-4H3,(H,16,19)(H2,15,17,18,20). The molecule has 0 saturated carbocycles. The summed E-state index contributed by atoms with van der Waals surface area (Å²) in [6.45, 7) is 9.15. The minimum atomic E-state index is -0.185. The molecule has 0 spiro atoms. The maximum absolute atomic E-state index is 11.5. The Hall–Kier alpha value is -1.85. The summed E-state index contributed by atoms with van der Waals surface area (Å²) >= 11 is 0. The van der Waals surface area contributed by atoms with Crippen LogP contribution in [0.3, 0.4) is 0 Å². The number of amides is 1. The smallest absolute Gasteiger partial charge is 0.252 e. The van der Waals surface area contributed by atoms with E-state index < -0.39 is 0 Å². The van der Waals surface area contributed by atoms with E-state index >= 15 is 0 Å². The summed E-state index contributed by atoms with van der Waals surface area (Å²) in [5.41, 5.74) is -0.185. The highest BCUT2D eigenvalue weighted by molar-refractivity contribution is 5.76. The van der Waals surface area contributed by atoms with Crippen molar-refractivity contribution < 1.29 is 4.79 Å². The second-order valence-electron chi connectivity index (χ2n) is 5.55. The summed E-state index contributed by atoms with van der Waals surface area (Å²) in [5.74, 6) is 1.74. The molecule has 112 valence electrons. The highest BCUT2D eigenvalue weighted by Gasteiger charge is 2.06. The van der Waals surface area contributed by atoms with Gasteiger partial charge >= 0.3 is 0 Å². The molecule has 0 aliphatic carbocycles. The van der Waals surface area contributed by atoms with Crippen LogP contribution in [0.1, 0.15) is 45.9 Å². The number of hydrogen-bond acceptors (Lipinski definition) is 4. The molecule has 0 atom stereocenters. The van der Waals surface area contributed by atoms with Crippen molar-refractivity contribution in [3.63, 3.8) is 0 Å². The highest BCUT2D eigenvalue weighted by atomic mass is 16.1. The lowest BCUT2D eigenvalue weighted by Crippen LogP contribution is -2.29. The zero-order chi connectivity index (χ0) is 15.1. The molecule has 3 N–H and O–H groups in total. The van der Waals surface area contributed by atoms with Gasteiger partial charge in [0.2, 0.25) is 5.91 Å². The fourth-order valence-electron chi connectivity index (χ4n) is 1.55. The third-order valence-electron chi connectivity index (χ3n) is 2.67. The molecule has 0 bridgehead atoms. The van der Waals surface area contributed by atoms with Gasteiger partial charge in [-0.15, -0.1) is 0 Å². The van der Waals surface area contributed by atoms with Gasteiger partial charge in [-0.1, -0.05) is 27.7 Å². The zero-order valence-electron chi connectivity index (χ0n) is 12.6. The van der Waals surface area contributed by atoms with E-state index in [0.29, 0.717) is 37.1 Å². The lowest BCUT2D eigenvalue weighted by Gasteiger charge is -2.10. The number of nitrogens with one attached hydrogen (secondary N) is 3. The van der Waals surface area contributed by atoms with Crippen molar-refractivity contribution in [1.82, 2.24) is 15.3 Å². The van der Waals surface area contributed by atoms with Gasteiger partial charge in [0, 0.05) is 31.5 Å². The Balaban J connectivity index is 2.46. The maximum atomic E-state index is 11.5. The van der Waals surface area contributed by atoms with Crippen LogP contribution in [0.2, 0.25) is 0 Å². The van der Waals surface area contributed by atoms with E-state index in [1.807, 2.05) is 27.7 Å². The second-order valence-corrected chi connectivity index (χ2v) is 5.55. The van der Waals surface area contributed by atoms with Gasteiger partial charge in [0.15, 0.2) is 0 Å². The maximum Gasteiger partial charge on any atom is 0.252 e. The molecule has 0 aromatic carbocycles. The molecule has 20 heavy (non-hydrogen) atoms. The van der Waals surface area contributed by atoms with Crippen LogP contribution in [-0.2, 0) is 4.79 Å². The number of carbonyl (C=O) groups is 1. The molecule has 6 heteroatoms. The first-order chi connectivity index (χ1) is 9.38. The number of aromatic nitrogens is 2. The molecule has 1 amide bonds. The minimum Gasteiger partial charge on any atom is -0.369 e. The molecular weight excluding hydrogens is 256 g/mol. The van der Waals surface area contributed by atoms with E-state index in [9.17, 15) is 9.59 Å². The zero-order valence-corrected chi connectivity index (χ0v) is 12.6. The first kappa shape index (κ1) is 16.2. The van der Waals surface area contributed by atoms with Crippen molar-refractivity contribution in [2.24, 2.45) is 5.92 Å². The largest absolute Gasteiger partial charge is 0.369 e. The third kappa shape index (κ3) is 5.86. The van der Waals surface area contributed by atoms with Crippen molar-refractivity contribution >= 4 is 11.7 Å². The average molecular weight is 280 g/mol. The molecular formula is C14H24N4O2. The Kier molecular flexibility index (Phi) is 6.21. The van der Waals surface area contributed by atoms with E-state index in [2.05, 4.69) is 20.6 Å². The van der Waals surface area contributed by atoms with Gasteiger partial charge in [0.25, 0.3) is 5.56 Å². The molecule has 6 nitrogen and oxygen atoms in total. The summed E-state index contributed by atoms with van der Waals surface area (Å²) in [6, 6.07) is 1.40. The predicted octanol–water partition coefficient (Wildman–Crippen LogP) is 1.47. The van der Waals surface area contributed by atoms with Crippen molar-refractivity contribution in [3.05, 3.63) is 22.2 Å². The summed E-state index contributed by atoms with van der Waals surface area (Å²) in [5, 5.41) is 5.85. The van der Waals surface area contributed by atoms with Crippen LogP contribution in [0.25, 0.3) is 0 Å². The van der Waals surface area contributed by atoms with Gasteiger partial charge in [-0.05, 0) is 5.92 Å². The van der Waals surface area contributed by atoms with E-state index in [-0.39, 0.29) is 17.4 Å². The molecule has 0 unspecified atom stereocenters. The lowest BCUT2D eigenvalue weighted by molar-refractivity contribution is -0.120. The van der Waals surface area contributed by atoms with Gasteiger partial charge in [0.05, 0.1) is 0 Å². The van der Waals surface area contributed by atoms with E-state index in [4.69, 9.17) is 0 Å². The number of anilines is 1. The quantitative estimate of drug-likeness (QED) is 0.706. The monoisotopic (exact) mass is 280 g/mol. The SMILES string of the molecule is CC(C)CNC(=O)CCNc1cc(=O)[nH]c(C(C)C)n1. The Bertz CT molecular complexity index is 494. The molecule has 0 saturated heterocycles. The number of hydrogen-bond donors (Lipinski definition) is 3. The topological polar surface area (TPSA) is 86.9 Å². The van der Waals surface area contributed by atoms with Crippen molar-refractivity contribution in [1.29, 1.82) is 0 Å². The van der Waals surface area contributed by atoms with Gasteiger partial charge in [0.1, 0.15) is 11.6 Å². The molecule has 1 heterocycles. The summed E-state index contributed by atoms with van der Waals surface area (Å²) in [4.78, 5) is 30.0. The van der Waals surface area contributed by atoms with Gasteiger partial charge in [-0.25, -0.2) is 4.98 Å². The molecule has 0 aliphatic rings. The van der Waals surface area contributed by atoms with Crippen molar-refractivity contribution in [3.8, 4) is 0 Å². The van der Waals surface area contributed by atoms with Crippen LogP contribution < -0.4 is 16.2 Å². The Morgan fingerprint density at radius 2 is 2.05 bits per heavy atom. The summed E-state index contributed by atoms with van der Waals surface area (Å²) in [7, 11) is 0. The number of carbonyl (C=O) groups excluding carboxylic acids is 1. The number of aromatic amines is 1. The molecule has 1 aromatic rings. The van der Waals surface area contributed by atoms with Crippen LogP contribution in [0, 0.1) is 5.92 Å². The van der Waals surface area contributed by atoms with Gasteiger partial charge in [-0.3, -0.25) is 9.59 Å². The Morgan fingerprint density at radius 1 is 1.35 bits per heavy atom. The first-order valence-electron chi connectivity index (χ1n) is 7.00. The van der Waals surface area contributed by atoms with E-state index in [1.165, 1.54) is 6.07 Å². The third-order valence-corrected chi connectivity index (χ3v) is 2.67. The Labute approximate surface area is 119 Å². The molecule has 0 fully saturated rings. The number of nitrogens with zero attached hydrogens (tertiary/aromatic N) is 1. The lowest BCUT2D eigenvalue weighted by atomic mass is 10.2. The fraction of sp³-hybridized carbons (Fsp3) is 0.643. The normalized spacial score (nSPS) is 10.9. The fourth-order valence-corrected chi connectivity index (χ4v) is 1.55. The number of H-pyrrole nitrogens is 1. The molecule has 1 aromatic heterocycles. The number of rotatable bonds is 7. The average Bonchev–Trinajstić information content (AvgIpc) is 2.35. The highest BCUT2D eigenvalue weighted by Crippen LogP contribution is 2.08. The van der Waals surface area contributed by atoms with Crippen molar-refractivity contribution in [2.75, 3.05) is 18.4 Å². The Morgan fingerprint density at radius 3 is 2.65 bits per heavy atom. The summed E-state index contributed by atoms with van der Waals surface area (Å²) in [6.07, 6.45) is 0.359. The van der Waals surface area contributed by atoms with Gasteiger partial charge in [-0.2, -0.15) is 0 Å². The first-order valence-corrected chi connectivity index (χ1v) is 7.00. The van der Waals surface area contributed by atoms with Crippen LogP contribution in [0.15, 0.2) is 10.9 Å². The van der Waals surface area contributed by atoms with Gasteiger partial charge < -0.3 is 15.6 Å².